The number of carbonyl (C=O) groups is 1. The van der Waals surface area contributed by atoms with Crippen molar-refractivity contribution >= 4 is 33.8 Å². The van der Waals surface area contributed by atoms with Crippen LogP contribution in [0, 0.1) is 11.7 Å². The van der Waals surface area contributed by atoms with Gasteiger partial charge in [-0.2, -0.15) is 5.10 Å². The van der Waals surface area contributed by atoms with Gasteiger partial charge in [-0.25, -0.2) is 19.3 Å². The molecule has 0 aliphatic carbocycles. The summed E-state index contributed by atoms with van der Waals surface area (Å²) in [5, 5.41) is 9.83. The van der Waals surface area contributed by atoms with E-state index in [1.165, 1.54) is 18.2 Å². The van der Waals surface area contributed by atoms with Crippen LogP contribution >= 0.6 is 0 Å². The van der Waals surface area contributed by atoms with E-state index in [4.69, 9.17) is 4.74 Å². The maximum absolute atomic E-state index is 13.7. The molecule has 3 N–H and O–H groups in total. The predicted molar refractivity (Wildman–Crippen MR) is 107 cm³/mol. The van der Waals surface area contributed by atoms with Crippen molar-refractivity contribution in [3.8, 4) is 11.3 Å². The topological polar surface area (TPSA) is 113 Å². The van der Waals surface area contributed by atoms with Gasteiger partial charge in [-0.15, -0.1) is 0 Å². The van der Waals surface area contributed by atoms with E-state index in [1.54, 1.807) is 18.2 Å². The van der Waals surface area contributed by atoms with Crippen LogP contribution in [0.2, 0.25) is 0 Å². The zero-order valence-corrected chi connectivity index (χ0v) is 15.7. The van der Waals surface area contributed by atoms with Crippen LogP contribution in [0.4, 0.5) is 15.1 Å². The molecule has 2 aromatic heterocycles. The molecule has 4 rings (SSSR count). The minimum atomic E-state index is -0.596. The third kappa shape index (κ3) is 3.79. The van der Waals surface area contributed by atoms with Crippen molar-refractivity contribution in [3.63, 3.8) is 0 Å². The maximum Gasteiger partial charge on any atom is 0.413 e. The van der Waals surface area contributed by atoms with E-state index in [1.807, 2.05) is 13.8 Å². The van der Waals surface area contributed by atoms with Crippen molar-refractivity contribution < 1.29 is 13.9 Å². The average Bonchev–Trinajstić information content (AvgIpc) is 3.08. The fraction of sp³-hybridized carbons (Fsp3) is 0.200. The van der Waals surface area contributed by atoms with Gasteiger partial charge in [0.2, 0.25) is 5.95 Å². The molecule has 0 fully saturated rings. The number of H-pyrrole nitrogens is 2. The Kier molecular flexibility index (Phi) is 4.71. The first-order valence-corrected chi connectivity index (χ1v) is 9.02. The van der Waals surface area contributed by atoms with Crippen LogP contribution in [0.15, 0.2) is 41.2 Å². The smallest absolute Gasteiger partial charge is 0.413 e. The van der Waals surface area contributed by atoms with E-state index in [-0.39, 0.29) is 11.9 Å². The number of anilines is 1. The fourth-order valence-corrected chi connectivity index (χ4v) is 2.95. The third-order valence-electron chi connectivity index (χ3n) is 4.27. The largest absolute Gasteiger partial charge is 0.449 e. The van der Waals surface area contributed by atoms with Crippen molar-refractivity contribution in [3.05, 3.63) is 52.6 Å². The molecule has 148 valence electrons. The van der Waals surface area contributed by atoms with Crippen molar-refractivity contribution in [2.45, 2.75) is 13.8 Å². The minimum Gasteiger partial charge on any atom is -0.449 e. The molecular formula is C20H18FN5O3. The van der Waals surface area contributed by atoms with Crippen LogP contribution in [-0.2, 0) is 4.74 Å². The summed E-state index contributed by atoms with van der Waals surface area (Å²) in [6, 6.07) is 9.20. The Hall–Kier alpha value is -3.75. The number of ether oxygens (including phenoxy) is 1. The average molecular weight is 395 g/mol. The Bertz CT molecular complexity index is 1280. The lowest BCUT2D eigenvalue weighted by Crippen LogP contribution is -2.17. The Balaban J connectivity index is 1.69. The van der Waals surface area contributed by atoms with Gasteiger partial charge < -0.3 is 9.72 Å². The molecule has 29 heavy (non-hydrogen) atoms. The van der Waals surface area contributed by atoms with E-state index in [9.17, 15) is 14.0 Å². The van der Waals surface area contributed by atoms with Gasteiger partial charge >= 0.3 is 6.09 Å². The van der Waals surface area contributed by atoms with E-state index >= 15 is 0 Å². The molecule has 0 spiro atoms. The molecule has 0 aliphatic heterocycles. The molecule has 4 aromatic rings. The fourth-order valence-electron chi connectivity index (χ4n) is 2.95. The SMILES string of the molecule is CC(C)COC(=O)Nc1nc2ccc(-c3n[nH]c(=O)c4ccc(F)cc34)cc2[nH]1. The normalized spacial score (nSPS) is 11.3. The number of halogens is 1. The summed E-state index contributed by atoms with van der Waals surface area (Å²) in [5.41, 5.74) is 1.95. The van der Waals surface area contributed by atoms with Gasteiger partial charge in [0, 0.05) is 10.9 Å². The minimum absolute atomic E-state index is 0.225. The summed E-state index contributed by atoms with van der Waals surface area (Å²) in [6.45, 7) is 4.19. The Labute approximate surface area is 164 Å². The van der Waals surface area contributed by atoms with Gasteiger partial charge in [0.05, 0.1) is 28.7 Å². The highest BCUT2D eigenvalue weighted by Crippen LogP contribution is 2.27. The molecule has 2 aromatic carbocycles. The summed E-state index contributed by atoms with van der Waals surface area (Å²) in [6.07, 6.45) is -0.596. The molecule has 0 unspecified atom stereocenters. The third-order valence-corrected chi connectivity index (χ3v) is 4.27. The Morgan fingerprint density at radius 3 is 2.83 bits per heavy atom. The lowest BCUT2D eigenvalue weighted by Gasteiger charge is -2.06. The molecule has 0 bridgehead atoms. The number of fused-ring (bicyclic) bond motifs is 2. The number of amides is 1. The van der Waals surface area contributed by atoms with Gasteiger partial charge in [0.25, 0.3) is 5.56 Å². The number of nitrogens with one attached hydrogen (secondary N) is 3. The van der Waals surface area contributed by atoms with E-state index < -0.39 is 17.5 Å². The zero-order valence-electron chi connectivity index (χ0n) is 15.7. The second-order valence-corrected chi connectivity index (χ2v) is 7.03. The zero-order chi connectivity index (χ0) is 20.5. The molecule has 8 nitrogen and oxygen atoms in total. The molecule has 9 heteroatoms. The van der Waals surface area contributed by atoms with E-state index in [0.717, 1.165) is 0 Å². The Morgan fingerprint density at radius 1 is 1.21 bits per heavy atom. The van der Waals surface area contributed by atoms with Gasteiger partial charge in [-0.1, -0.05) is 19.9 Å². The highest BCUT2D eigenvalue weighted by molar-refractivity contribution is 5.96. The number of nitrogens with zero attached hydrogens (tertiary/aromatic N) is 2. The van der Waals surface area contributed by atoms with Gasteiger partial charge in [0.15, 0.2) is 0 Å². The van der Waals surface area contributed by atoms with Gasteiger partial charge in [-0.3, -0.25) is 10.1 Å². The number of carbonyl (C=O) groups excluding carboxylic acids is 1. The summed E-state index contributed by atoms with van der Waals surface area (Å²) < 4.78 is 18.8. The summed E-state index contributed by atoms with van der Waals surface area (Å²) in [4.78, 5) is 31.1. The second-order valence-electron chi connectivity index (χ2n) is 7.03. The lowest BCUT2D eigenvalue weighted by molar-refractivity contribution is 0.147. The molecule has 0 radical (unpaired) electrons. The Morgan fingerprint density at radius 2 is 2.03 bits per heavy atom. The molecule has 0 saturated carbocycles. The molecule has 2 heterocycles. The van der Waals surface area contributed by atoms with Crippen LogP contribution in [0.1, 0.15) is 13.8 Å². The van der Waals surface area contributed by atoms with Crippen LogP contribution in [0.25, 0.3) is 33.1 Å². The molecular weight excluding hydrogens is 377 g/mol. The van der Waals surface area contributed by atoms with Crippen LogP contribution in [-0.4, -0.2) is 32.9 Å². The summed E-state index contributed by atoms with van der Waals surface area (Å²) in [7, 11) is 0. The first-order chi connectivity index (χ1) is 13.9. The van der Waals surface area contributed by atoms with Crippen LogP contribution < -0.4 is 10.9 Å². The second kappa shape index (κ2) is 7.34. The van der Waals surface area contributed by atoms with Gasteiger partial charge in [-0.05, 0) is 36.2 Å². The number of rotatable bonds is 4. The molecule has 0 atom stereocenters. The number of aromatic nitrogens is 4. The first-order valence-electron chi connectivity index (χ1n) is 9.02. The first kappa shape index (κ1) is 18.6. The lowest BCUT2D eigenvalue weighted by atomic mass is 10.0. The summed E-state index contributed by atoms with van der Waals surface area (Å²) >= 11 is 0. The van der Waals surface area contributed by atoms with E-state index in [0.29, 0.717) is 39.7 Å². The number of hydrogen-bond acceptors (Lipinski definition) is 5. The highest BCUT2D eigenvalue weighted by atomic mass is 19.1. The number of imidazole rings is 1. The van der Waals surface area contributed by atoms with Crippen LogP contribution in [0.3, 0.4) is 0 Å². The quantitative estimate of drug-likeness (QED) is 0.486. The molecule has 0 saturated heterocycles. The molecule has 0 aliphatic rings. The number of aromatic amines is 2. The van der Waals surface area contributed by atoms with Crippen molar-refractivity contribution in [2.75, 3.05) is 11.9 Å². The highest BCUT2D eigenvalue weighted by Gasteiger charge is 2.13. The van der Waals surface area contributed by atoms with Gasteiger partial charge in [0.1, 0.15) is 5.82 Å². The molecule has 1 amide bonds. The van der Waals surface area contributed by atoms with Crippen LogP contribution in [0.5, 0.6) is 0 Å². The maximum atomic E-state index is 13.7. The van der Waals surface area contributed by atoms with E-state index in [2.05, 4.69) is 25.5 Å². The van der Waals surface area contributed by atoms with Crippen molar-refractivity contribution in [1.29, 1.82) is 0 Å². The monoisotopic (exact) mass is 395 g/mol. The number of benzene rings is 2. The summed E-state index contributed by atoms with van der Waals surface area (Å²) in [5.74, 6) is 0.0138. The van der Waals surface area contributed by atoms with Crippen molar-refractivity contribution in [2.24, 2.45) is 5.92 Å². The predicted octanol–water partition coefficient (Wildman–Crippen LogP) is 3.81. The number of hydrogen-bond donors (Lipinski definition) is 3. The standard InChI is InChI=1S/C20H18FN5O3/c1-10(2)9-29-20(28)24-19-22-15-6-3-11(7-16(15)23-19)17-14-8-12(21)4-5-13(14)18(27)26-25-17/h3-8,10H,9H2,1-2H3,(H,26,27)(H2,22,23,24,28). The van der Waals surface area contributed by atoms with Crippen molar-refractivity contribution in [1.82, 2.24) is 20.2 Å².